The molecule has 11 N–H and O–H groups in total. The van der Waals surface area contributed by atoms with E-state index in [0.717, 1.165) is 19.5 Å². The van der Waals surface area contributed by atoms with E-state index in [-0.39, 0.29) is 32.8 Å². The Kier molecular flexibility index (Phi) is 12.0. The molecular weight excluding hydrogens is 338 g/mol. The van der Waals surface area contributed by atoms with Crippen LogP contribution in [-0.4, -0.2) is 56.5 Å². The maximum Gasteiger partial charge on any atom is 0.115 e. The van der Waals surface area contributed by atoms with Crippen molar-refractivity contribution in [1.82, 2.24) is 4.90 Å². The molecule has 0 aromatic heterocycles. The van der Waals surface area contributed by atoms with Crippen molar-refractivity contribution in [2.75, 3.05) is 13.1 Å². The summed E-state index contributed by atoms with van der Waals surface area (Å²) in [5.41, 5.74) is 4.42. The number of fused-ring (bicyclic) bond motifs is 4. The second-order valence-corrected chi connectivity index (χ2v) is 7.35. The quantitative estimate of drug-likeness (QED) is 0.701. The van der Waals surface area contributed by atoms with Crippen LogP contribution >= 0.6 is 0 Å². The molecule has 1 aliphatic carbocycles. The first kappa shape index (κ1) is 29.3. The number of phenols is 1. The molecule has 3 atom stereocenters. The SMILES string of the molecule is CC(C)=CCN1CCC2(C)c3cc(O)ccc3CC1C2C.O.O.O.O.O. The number of hydrogen-bond donors (Lipinski definition) is 1. The lowest BCUT2D eigenvalue weighted by Crippen LogP contribution is -2.57. The van der Waals surface area contributed by atoms with E-state index in [1.54, 1.807) is 0 Å². The Balaban J connectivity index is -0.00000106. The number of benzene rings is 1. The van der Waals surface area contributed by atoms with Gasteiger partial charge in [-0.25, -0.2) is 0 Å². The Labute approximate surface area is 155 Å². The first-order valence-electron chi connectivity index (χ1n) is 8.11. The lowest BCUT2D eigenvalue weighted by Gasteiger charge is -2.54. The minimum Gasteiger partial charge on any atom is -0.508 e. The summed E-state index contributed by atoms with van der Waals surface area (Å²) in [6.07, 6.45) is 4.64. The number of rotatable bonds is 2. The number of hydrogen-bond acceptors (Lipinski definition) is 2. The van der Waals surface area contributed by atoms with Crippen molar-refractivity contribution in [2.45, 2.75) is 52.0 Å². The summed E-state index contributed by atoms with van der Waals surface area (Å²) < 4.78 is 0. The van der Waals surface area contributed by atoms with E-state index >= 15 is 0 Å². The molecule has 2 bridgehead atoms. The maximum atomic E-state index is 9.87. The van der Waals surface area contributed by atoms with E-state index in [9.17, 15) is 5.11 Å². The Bertz CT molecular complexity index is 587. The molecule has 1 fully saturated rings. The van der Waals surface area contributed by atoms with Gasteiger partial charge in [-0.15, -0.1) is 0 Å². The highest BCUT2D eigenvalue weighted by Crippen LogP contribution is 2.49. The van der Waals surface area contributed by atoms with Crippen molar-refractivity contribution in [1.29, 1.82) is 0 Å². The number of aromatic hydroxyl groups is 1. The molecule has 2 aliphatic rings. The minimum atomic E-state index is 0. The first-order chi connectivity index (χ1) is 9.91. The fourth-order valence-corrected chi connectivity index (χ4v) is 4.22. The molecule has 0 amide bonds. The zero-order valence-electron chi connectivity index (χ0n) is 16.2. The highest BCUT2D eigenvalue weighted by Gasteiger charge is 2.48. The smallest absolute Gasteiger partial charge is 0.115 e. The van der Waals surface area contributed by atoms with Crippen LogP contribution in [0.3, 0.4) is 0 Å². The molecule has 154 valence electrons. The van der Waals surface area contributed by atoms with Crippen LogP contribution in [0.4, 0.5) is 0 Å². The second kappa shape index (κ2) is 10.6. The van der Waals surface area contributed by atoms with Gasteiger partial charge in [-0.2, -0.15) is 0 Å². The molecule has 1 heterocycles. The third-order valence-electron chi connectivity index (χ3n) is 5.84. The van der Waals surface area contributed by atoms with Gasteiger partial charge >= 0.3 is 0 Å². The van der Waals surface area contributed by atoms with E-state index in [1.807, 2.05) is 12.1 Å². The standard InChI is InChI=1S/C19H27NO.5H2O/c1-13(2)7-9-20-10-8-19(4)14(3)18(20)11-15-5-6-16(21)12-17(15)19;;;;;/h5-7,12,14,18,21H,8-11H2,1-4H3;5*1H2. The molecule has 1 aromatic rings. The fraction of sp³-hybridized carbons (Fsp3) is 0.579. The van der Waals surface area contributed by atoms with Gasteiger partial charge in [0.05, 0.1) is 0 Å². The van der Waals surface area contributed by atoms with Crippen molar-refractivity contribution in [3.05, 3.63) is 41.0 Å². The van der Waals surface area contributed by atoms with Crippen molar-refractivity contribution >= 4 is 0 Å². The Morgan fingerprint density at radius 1 is 1.19 bits per heavy atom. The summed E-state index contributed by atoms with van der Waals surface area (Å²) in [4.78, 5) is 2.65. The highest BCUT2D eigenvalue weighted by molar-refractivity contribution is 5.44. The summed E-state index contributed by atoms with van der Waals surface area (Å²) in [7, 11) is 0. The van der Waals surface area contributed by atoms with Gasteiger partial charge < -0.3 is 32.5 Å². The van der Waals surface area contributed by atoms with Gasteiger partial charge in [0.25, 0.3) is 0 Å². The average Bonchev–Trinajstić information content (AvgIpc) is 2.43. The summed E-state index contributed by atoms with van der Waals surface area (Å²) in [6, 6.07) is 6.60. The monoisotopic (exact) mass is 375 g/mol. The maximum absolute atomic E-state index is 9.87. The molecular formula is C19H37NO6. The normalized spacial score (nSPS) is 25.5. The van der Waals surface area contributed by atoms with E-state index < -0.39 is 0 Å². The van der Waals surface area contributed by atoms with Gasteiger partial charge in [-0.1, -0.05) is 31.6 Å². The fourth-order valence-electron chi connectivity index (χ4n) is 4.22. The number of piperidine rings is 1. The zero-order chi connectivity index (χ0) is 15.2. The topological polar surface area (TPSA) is 181 Å². The van der Waals surface area contributed by atoms with Crippen molar-refractivity contribution in [3.8, 4) is 5.75 Å². The van der Waals surface area contributed by atoms with Gasteiger partial charge in [0.2, 0.25) is 0 Å². The number of allylic oxidation sites excluding steroid dienone is 1. The highest BCUT2D eigenvalue weighted by atomic mass is 16.3. The Hall–Kier alpha value is -1.48. The predicted octanol–water partition coefficient (Wildman–Crippen LogP) is -0.241. The van der Waals surface area contributed by atoms with Crippen LogP contribution in [0.25, 0.3) is 0 Å². The van der Waals surface area contributed by atoms with E-state index in [4.69, 9.17) is 0 Å². The van der Waals surface area contributed by atoms with E-state index in [2.05, 4.69) is 44.7 Å². The zero-order valence-corrected chi connectivity index (χ0v) is 16.2. The van der Waals surface area contributed by atoms with Gasteiger partial charge in [-0.3, -0.25) is 4.90 Å². The van der Waals surface area contributed by atoms with Gasteiger partial charge in [0.1, 0.15) is 5.75 Å². The van der Waals surface area contributed by atoms with Crippen LogP contribution in [-0.2, 0) is 11.8 Å². The third kappa shape index (κ3) is 4.82. The van der Waals surface area contributed by atoms with Crippen LogP contribution in [0.15, 0.2) is 29.8 Å². The summed E-state index contributed by atoms with van der Waals surface area (Å²) in [5, 5.41) is 9.87. The van der Waals surface area contributed by atoms with Crippen LogP contribution in [0.1, 0.15) is 45.2 Å². The van der Waals surface area contributed by atoms with Crippen molar-refractivity contribution in [3.63, 3.8) is 0 Å². The minimum absolute atomic E-state index is 0. The number of nitrogens with zero attached hydrogens (tertiary/aromatic N) is 1. The summed E-state index contributed by atoms with van der Waals surface area (Å²) in [5.74, 6) is 1.04. The van der Waals surface area contributed by atoms with Crippen LogP contribution in [0, 0.1) is 5.92 Å². The van der Waals surface area contributed by atoms with Gasteiger partial charge in [0.15, 0.2) is 0 Å². The molecule has 1 aliphatic heterocycles. The molecule has 0 saturated carbocycles. The van der Waals surface area contributed by atoms with Crippen molar-refractivity contribution in [2.24, 2.45) is 5.92 Å². The van der Waals surface area contributed by atoms with Crippen LogP contribution in [0.2, 0.25) is 0 Å². The second-order valence-electron chi connectivity index (χ2n) is 7.35. The van der Waals surface area contributed by atoms with Gasteiger partial charge in [0, 0.05) is 12.6 Å². The molecule has 3 rings (SSSR count). The van der Waals surface area contributed by atoms with Crippen LogP contribution in [0.5, 0.6) is 5.75 Å². The molecule has 7 nitrogen and oxygen atoms in total. The average molecular weight is 376 g/mol. The van der Waals surface area contributed by atoms with E-state index in [0.29, 0.717) is 17.7 Å². The molecule has 1 saturated heterocycles. The molecule has 1 aromatic carbocycles. The Morgan fingerprint density at radius 3 is 2.38 bits per heavy atom. The van der Waals surface area contributed by atoms with Crippen molar-refractivity contribution < 1.29 is 32.5 Å². The number of likely N-dealkylation sites (tertiary alicyclic amines) is 1. The summed E-state index contributed by atoms with van der Waals surface area (Å²) >= 11 is 0. The lowest BCUT2D eigenvalue weighted by atomic mass is 9.59. The van der Waals surface area contributed by atoms with Gasteiger partial charge in [-0.05, 0) is 67.8 Å². The molecule has 0 spiro atoms. The van der Waals surface area contributed by atoms with Crippen LogP contribution < -0.4 is 0 Å². The molecule has 7 heteroatoms. The molecule has 0 radical (unpaired) electrons. The Morgan fingerprint density at radius 2 is 1.81 bits per heavy atom. The number of phenolic OH excluding ortho intramolecular Hbond substituents is 1. The first-order valence-corrected chi connectivity index (χ1v) is 8.11. The lowest BCUT2D eigenvalue weighted by molar-refractivity contribution is 0.0397. The summed E-state index contributed by atoms with van der Waals surface area (Å²) in [6.45, 7) is 11.4. The van der Waals surface area contributed by atoms with E-state index in [1.165, 1.54) is 23.1 Å². The molecule has 3 unspecified atom stereocenters. The largest absolute Gasteiger partial charge is 0.508 e. The molecule has 26 heavy (non-hydrogen) atoms. The predicted molar refractivity (Wildman–Crippen MR) is 106 cm³/mol. The third-order valence-corrected chi connectivity index (χ3v) is 5.84.